The summed E-state index contributed by atoms with van der Waals surface area (Å²) in [6, 6.07) is 7.37. The summed E-state index contributed by atoms with van der Waals surface area (Å²) in [5.74, 6) is 0.425. The van der Waals surface area contributed by atoms with Crippen LogP contribution in [-0.4, -0.2) is 14.5 Å². The number of aryl methyl sites for hydroxylation is 2. The highest BCUT2D eigenvalue weighted by molar-refractivity contribution is 7.09. The number of nitrogens with zero attached hydrogens (tertiary/aromatic N) is 3. The highest BCUT2D eigenvalue weighted by Crippen LogP contribution is 2.13. The summed E-state index contributed by atoms with van der Waals surface area (Å²) in [5, 5.41) is 3.58. The van der Waals surface area contributed by atoms with Crippen LogP contribution in [0.3, 0.4) is 0 Å². The van der Waals surface area contributed by atoms with Crippen molar-refractivity contribution >= 4 is 33.8 Å². The van der Waals surface area contributed by atoms with Gasteiger partial charge in [0.2, 0.25) is 0 Å². The lowest BCUT2D eigenvalue weighted by atomic mass is 10.2. The molecule has 0 amide bonds. The van der Waals surface area contributed by atoms with Gasteiger partial charge in [-0.15, -0.1) is 22.9 Å². The Hall–Kier alpha value is -1.72. The molecule has 0 spiro atoms. The van der Waals surface area contributed by atoms with Gasteiger partial charge in [-0.3, -0.25) is 9.36 Å². The van der Waals surface area contributed by atoms with Crippen molar-refractivity contribution in [1.82, 2.24) is 14.5 Å². The van der Waals surface area contributed by atoms with E-state index in [1.807, 2.05) is 23.6 Å². The van der Waals surface area contributed by atoms with Crippen molar-refractivity contribution in [2.24, 2.45) is 0 Å². The molecule has 102 valence electrons. The molecular weight excluding hydrogens is 294 g/mol. The molecule has 0 unspecified atom stereocenters. The van der Waals surface area contributed by atoms with E-state index in [9.17, 15) is 4.79 Å². The number of aromatic nitrogens is 3. The minimum absolute atomic E-state index is 0.00952. The highest BCUT2D eigenvalue weighted by Gasteiger charge is 2.05. The third-order valence-electron chi connectivity index (χ3n) is 3.03. The van der Waals surface area contributed by atoms with Crippen molar-refractivity contribution in [3.05, 3.63) is 57.0 Å². The van der Waals surface area contributed by atoms with Crippen LogP contribution in [0.15, 0.2) is 40.8 Å². The summed E-state index contributed by atoms with van der Waals surface area (Å²) >= 11 is 7.30. The van der Waals surface area contributed by atoms with Gasteiger partial charge in [0.05, 0.1) is 33.8 Å². The fourth-order valence-electron chi connectivity index (χ4n) is 2.01. The number of fused-ring (bicyclic) bond motifs is 1. The molecule has 4 nitrogen and oxygen atoms in total. The fourth-order valence-corrected chi connectivity index (χ4v) is 3.02. The van der Waals surface area contributed by atoms with Gasteiger partial charge in [0, 0.05) is 18.3 Å². The maximum Gasteiger partial charge on any atom is 0.261 e. The normalized spacial score (nSPS) is 11.1. The van der Waals surface area contributed by atoms with Crippen molar-refractivity contribution < 1.29 is 0 Å². The second-order valence-corrected chi connectivity index (χ2v) is 5.59. The van der Waals surface area contributed by atoms with Crippen LogP contribution in [0.1, 0.15) is 10.7 Å². The molecule has 0 N–H and O–H groups in total. The summed E-state index contributed by atoms with van der Waals surface area (Å²) in [4.78, 5) is 21.0. The maximum absolute atomic E-state index is 12.3. The molecule has 6 heteroatoms. The van der Waals surface area contributed by atoms with Crippen LogP contribution in [0.25, 0.3) is 10.9 Å². The highest BCUT2D eigenvalue weighted by atomic mass is 35.5. The minimum Gasteiger partial charge on any atom is -0.298 e. The monoisotopic (exact) mass is 305 g/mol. The van der Waals surface area contributed by atoms with Crippen molar-refractivity contribution in [1.29, 1.82) is 0 Å². The van der Waals surface area contributed by atoms with Crippen molar-refractivity contribution in [3.8, 4) is 0 Å². The van der Waals surface area contributed by atoms with E-state index < -0.39 is 0 Å². The first-order valence-corrected chi connectivity index (χ1v) is 7.63. The molecule has 1 aromatic carbocycles. The van der Waals surface area contributed by atoms with Gasteiger partial charge in [0.1, 0.15) is 0 Å². The zero-order valence-corrected chi connectivity index (χ0v) is 12.2. The average Bonchev–Trinajstić information content (AvgIpc) is 2.95. The van der Waals surface area contributed by atoms with E-state index >= 15 is 0 Å². The van der Waals surface area contributed by atoms with Gasteiger partial charge in [-0.25, -0.2) is 9.97 Å². The molecule has 0 atom stereocenters. The Labute approximate surface area is 124 Å². The summed E-state index contributed by atoms with van der Waals surface area (Å²) in [6.45, 7) is 0.575. The van der Waals surface area contributed by atoms with E-state index in [1.54, 1.807) is 28.3 Å². The molecule has 3 aromatic rings. The Kier molecular flexibility index (Phi) is 3.80. The lowest BCUT2D eigenvalue weighted by Crippen LogP contribution is -2.21. The largest absolute Gasteiger partial charge is 0.298 e. The second kappa shape index (κ2) is 5.73. The number of halogens is 1. The molecule has 20 heavy (non-hydrogen) atoms. The summed E-state index contributed by atoms with van der Waals surface area (Å²) in [5.41, 5.74) is 1.60. The van der Waals surface area contributed by atoms with Gasteiger partial charge >= 0.3 is 0 Å². The van der Waals surface area contributed by atoms with Gasteiger partial charge in [-0.1, -0.05) is 12.1 Å². The van der Waals surface area contributed by atoms with Gasteiger partial charge in [-0.05, 0) is 12.1 Å². The quantitative estimate of drug-likeness (QED) is 0.696. The summed E-state index contributed by atoms with van der Waals surface area (Å²) in [7, 11) is 0. The van der Waals surface area contributed by atoms with E-state index in [-0.39, 0.29) is 5.56 Å². The lowest BCUT2D eigenvalue weighted by Gasteiger charge is -2.05. The molecule has 3 rings (SSSR count). The number of rotatable bonds is 4. The minimum atomic E-state index is -0.00952. The Morgan fingerprint density at radius 2 is 2.15 bits per heavy atom. The SMILES string of the molecule is O=c1c2ccccc2ncn1CCc1nc(CCl)cs1. The molecule has 0 aliphatic rings. The predicted octanol–water partition coefficient (Wildman–Crippen LogP) is 2.83. The van der Waals surface area contributed by atoms with Gasteiger partial charge in [0.15, 0.2) is 0 Å². The van der Waals surface area contributed by atoms with Crippen LogP contribution in [0.4, 0.5) is 0 Å². The van der Waals surface area contributed by atoms with Crippen molar-refractivity contribution in [2.75, 3.05) is 0 Å². The van der Waals surface area contributed by atoms with Crippen LogP contribution in [0.2, 0.25) is 0 Å². The Balaban J connectivity index is 1.84. The molecule has 2 aromatic heterocycles. The van der Waals surface area contributed by atoms with E-state index in [1.165, 1.54) is 0 Å². The van der Waals surface area contributed by atoms with Gasteiger partial charge < -0.3 is 0 Å². The van der Waals surface area contributed by atoms with Crippen LogP contribution in [-0.2, 0) is 18.8 Å². The Morgan fingerprint density at radius 1 is 1.30 bits per heavy atom. The number of hydrogen-bond acceptors (Lipinski definition) is 4. The van der Waals surface area contributed by atoms with E-state index in [0.29, 0.717) is 24.2 Å². The summed E-state index contributed by atoms with van der Waals surface area (Å²) in [6.07, 6.45) is 2.31. The first kappa shape index (κ1) is 13.3. The number of thiazole rings is 1. The van der Waals surface area contributed by atoms with E-state index in [4.69, 9.17) is 11.6 Å². The number of hydrogen-bond donors (Lipinski definition) is 0. The molecule has 0 radical (unpaired) electrons. The van der Waals surface area contributed by atoms with E-state index in [0.717, 1.165) is 16.2 Å². The van der Waals surface area contributed by atoms with E-state index in [2.05, 4.69) is 9.97 Å². The van der Waals surface area contributed by atoms with Gasteiger partial charge in [0.25, 0.3) is 5.56 Å². The molecule has 0 saturated carbocycles. The average molecular weight is 306 g/mol. The first-order valence-electron chi connectivity index (χ1n) is 6.21. The number of alkyl halides is 1. The molecule has 0 aliphatic carbocycles. The van der Waals surface area contributed by atoms with Crippen molar-refractivity contribution in [3.63, 3.8) is 0 Å². The standard InChI is InChI=1S/C14H12ClN3OS/c15-7-10-8-20-13(17-10)5-6-18-9-16-12-4-2-1-3-11(12)14(18)19/h1-4,8-9H,5-7H2. The van der Waals surface area contributed by atoms with Crippen LogP contribution in [0.5, 0.6) is 0 Å². The fraction of sp³-hybridized carbons (Fsp3) is 0.214. The number of para-hydroxylation sites is 1. The molecular formula is C14H12ClN3OS. The summed E-state index contributed by atoms with van der Waals surface area (Å²) < 4.78 is 1.63. The van der Waals surface area contributed by atoms with Gasteiger partial charge in [-0.2, -0.15) is 0 Å². The van der Waals surface area contributed by atoms with Crippen LogP contribution >= 0.6 is 22.9 Å². The zero-order valence-electron chi connectivity index (χ0n) is 10.6. The smallest absolute Gasteiger partial charge is 0.261 e. The Morgan fingerprint density at radius 3 is 2.95 bits per heavy atom. The molecule has 0 bridgehead atoms. The maximum atomic E-state index is 12.3. The van der Waals surface area contributed by atoms with Crippen molar-refractivity contribution in [2.45, 2.75) is 18.8 Å². The lowest BCUT2D eigenvalue weighted by molar-refractivity contribution is 0.660. The number of benzene rings is 1. The molecule has 0 saturated heterocycles. The molecule has 2 heterocycles. The molecule has 0 aliphatic heterocycles. The van der Waals surface area contributed by atoms with Crippen LogP contribution in [0, 0.1) is 0 Å². The predicted molar refractivity (Wildman–Crippen MR) is 81.4 cm³/mol. The third-order valence-corrected chi connectivity index (χ3v) is 4.27. The first-order chi connectivity index (χ1) is 9.78. The molecule has 0 fully saturated rings. The zero-order chi connectivity index (χ0) is 13.9. The Bertz CT molecular complexity index is 796. The topological polar surface area (TPSA) is 47.8 Å². The third kappa shape index (κ3) is 2.59. The van der Waals surface area contributed by atoms with Crippen LogP contribution < -0.4 is 5.56 Å². The second-order valence-electron chi connectivity index (χ2n) is 4.38.